The van der Waals surface area contributed by atoms with Crippen molar-refractivity contribution in [3.8, 4) is 11.8 Å². The molecular formula is C16H12ClFN2O. The molecule has 0 saturated carbocycles. The SMILES string of the molecule is NCC#Cc1cc(F)ccc1NC(=O)c1ccc(Cl)cc1. The Kier molecular flexibility index (Phi) is 4.94. The van der Waals surface area contributed by atoms with Crippen molar-refractivity contribution in [3.05, 3.63) is 64.4 Å². The first-order chi connectivity index (χ1) is 10.1. The molecule has 0 radical (unpaired) electrons. The smallest absolute Gasteiger partial charge is 0.255 e. The van der Waals surface area contributed by atoms with Gasteiger partial charge < -0.3 is 11.1 Å². The molecule has 0 aliphatic heterocycles. The molecule has 0 heterocycles. The summed E-state index contributed by atoms with van der Waals surface area (Å²) in [5.41, 5.74) is 6.56. The van der Waals surface area contributed by atoms with Crippen LogP contribution in [-0.4, -0.2) is 12.5 Å². The van der Waals surface area contributed by atoms with E-state index < -0.39 is 5.82 Å². The van der Waals surface area contributed by atoms with E-state index in [1.807, 2.05) is 0 Å². The molecule has 0 saturated heterocycles. The molecule has 3 nitrogen and oxygen atoms in total. The number of nitrogens with one attached hydrogen (secondary N) is 1. The third-order valence-corrected chi connectivity index (χ3v) is 2.91. The van der Waals surface area contributed by atoms with Crippen LogP contribution in [0.25, 0.3) is 0 Å². The van der Waals surface area contributed by atoms with Crippen molar-refractivity contribution in [1.29, 1.82) is 0 Å². The van der Waals surface area contributed by atoms with Crippen LogP contribution >= 0.6 is 11.6 Å². The second kappa shape index (κ2) is 6.89. The molecule has 0 aliphatic carbocycles. The van der Waals surface area contributed by atoms with Crippen molar-refractivity contribution in [2.24, 2.45) is 5.73 Å². The van der Waals surface area contributed by atoms with Gasteiger partial charge in [0.2, 0.25) is 0 Å². The Morgan fingerprint density at radius 3 is 2.62 bits per heavy atom. The molecule has 2 aromatic rings. The van der Waals surface area contributed by atoms with E-state index in [1.165, 1.54) is 18.2 Å². The fraction of sp³-hybridized carbons (Fsp3) is 0.0625. The Bertz CT molecular complexity index is 717. The van der Waals surface area contributed by atoms with E-state index in [9.17, 15) is 9.18 Å². The van der Waals surface area contributed by atoms with Crippen molar-refractivity contribution >= 4 is 23.2 Å². The van der Waals surface area contributed by atoms with Crippen molar-refractivity contribution < 1.29 is 9.18 Å². The maximum atomic E-state index is 13.3. The minimum atomic E-state index is -0.430. The van der Waals surface area contributed by atoms with E-state index in [1.54, 1.807) is 24.3 Å². The number of benzene rings is 2. The summed E-state index contributed by atoms with van der Waals surface area (Å²) in [4.78, 5) is 12.1. The molecule has 1 amide bonds. The normalized spacial score (nSPS) is 9.67. The van der Waals surface area contributed by atoms with Gasteiger partial charge >= 0.3 is 0 Å². The first-order valence-corrected chi connectivity index (χ1v) is 6.53. The van der Waals surface area contributed by atoms with Gasteiger partial charge in [-0.05, 0) is 42.5 Å². The van der Waals surface area contributed by atoms with Gasteiger partial charge in [-0.15, -0.1) is 0 Å². The van der Waals surface area contributed by atoms with E-state index in [4.69, 9.17) is 17.3 Å². The van der Waals surface area contributed by atoms with Gasteiger partial charge in [-0.2, -0.15) is 0 Å². The second-order valence-corrected chi connectivity index (χ2v) is 4.59. The molecular weight excluding hydrogens is 291 g/mol. The molecule has 2 rings (SSSR count). The van der Waals surface area contributed by atoms with Gasteiger partial charge in [0, 0.05) is 10.6 Å². The maximum Gasteiger partial charge on any atom is 0.255 e. The van der Waals surface area contributed by atoms with Gasteiger partial charge in [0.15, 0.2) is 0 Å². The molecule has 5 heteroatoms. The van der Waals surface area contributed by atoms with Crippen LogP contribution in [0.15, 0.2) is 42.5 Å². The Hall–Kier alpha value is -2.35. The highest BCUT2D eigenvalue weighted by Crippen LogP contribution is 2.18. The second-order valence-electron chi connectivity index (χ2n) is 4.16. The lowest BCUT2D eigenvalue weighted by Crippen LogP contribution is -2.12. The maximum absolute atomic E-state index is 13.3. The van der Waals surface area contributed by atoms with Crippen LogP contribution in [0.1, 0.15) is 15.9 Å². The first-order valence-electron chi connectivity index (χ1n) is 6.15. The molecule has 2 aromatic carbocycles. The van der Waals surface area contributed by atoms with Crippen molar-refractivity contribution in [3.63, 3.8) is 0 Å². The van der Waals surface area contributed by atoms with Gasteiger partial charge in [0.05, 0.1) is 17.8 Å². The van der Waals surface area contributed by atoms with Crippen LogP contribution < -0.4 is 11.1 Å². The number of hydrogen-bond acceptors (Lipinski definition) is 2. The van der Waals surface area contributed by atoms with Gasteiger partial charge in [-0.3, -0.25) is 4.79 Å². The monoisotopic (exact) mass is 302 g/mol. The number of carbonyl (C=O) groups excluding carboxylic acids is 1. The number of rotatable bonds is 2. The fourth-order valence-corrected chi connectivity index (χ4v) is 1.80. The number of amides is 1. The number of anilines is 1. The summed E-state index contributed by atoms with van der Waals surface area (Å²) >= 11 is 5.77. The highest BCUT2D eigenvalue weighted by atomic mass is 35.5. The van der Waals surface area contributed by atoms with Crippen LogP contribution in [0.5, 0.6) is 0 Å². The van der Waals surface area contributed by atoms with Gasteiger partial charge in [-0.1, -0.05) is 23.4 Å². The zero-order valence-electron chi connectivity index (χ0n) is 11.0. The van der Waals surface area contributed by atoms with Crippen LogP contribution in [0.4, 0.5) is 10.1 Å². The highest BCUT2D eigenvalue weighted by Gasteiger charge is 2.09. The van der Waals surface area contributed by atoms with Gasteiger partial charge in [0.1, 0.15) is 5.82 Å². The lowest BCUT2D eigenvalue weighted by molar-refractivity contribution is 0.102. The minimum Gasteiger partial charge on any atom is -0.321 e. The summed E-state index contributed by atoms with van der Waals surface area (Å²) < 4.78 is 13.3. The summed E-state index contributed by atoms with van der Waals surface area (Å²) in [5, 5.41) is 3.23. The largest absolute Gasteiger partial charge is 0.321 e. The molecule has 21 heavy (non-hydrogen) atoms. The molecule has 0 aliphatic rings. The molecule has 0 fully saturated rings. The topological polar surface area (TPSA) is 55.1 Å². The molecule has 0 spiro atoms. The summed E-state index contributed by atoms with van der Waals surface area (Å²) in [5.74, 6) is 4.61. The van der Waals surface area contributed by atoms with E-state index in [2.05, 4.69) is 17.2 Å². The third kappa shape index (κ3) is 4.06. The number of halogens is 2. The fourth-order valence-electron chi connectivity index (χ4n) is 1.67. The quantitative estimate of drug-likeness (QED) is 0.838. The van der Waals surface area contributed by atoms with Crippen LogP contribution in [0.3, 0.4) is 0 Å². The predicted molar refractivity (Wildman–Crippen MR) is 81.7 cm³/mol. The van der Waals surface area contributed by atoms with Crippen LogP contribution in [0.2, 0.25) is 5.02 Å². The van der Waals surface area contributed by atoms with Crippen LogP contribution in [0, 0.1) is 17.7 Å². The van der Waals surface area contributed by atoms with E-state index in [0.717, 1.165) is 0 Å². The summed E-state index contributed by atoms with van der Waals surface area (Å²) in [6.07, 6.45) is 0. The van der Waals surface area contributed by atoms with E-state index in [0.29, 0.717) is 21.8 Å². The molecule has 106 valence electrons. The lowest BCUT2D eigenvalue weighted by Gasteiger charge is -2.08. The Labute approximate surface area is 126 Å². The first kappa shape index (κ1) is 15.0. The summed E-state index contributed by atoms with van der Waals surface area (Å²) in [6, 6.07) is 10.4. The van der Waals surface area contributed by atoms with Crippen LogP contribution in [-0.2, 0) is 0 Å². The summed E-state index contributed by atoms with van der Waals surface area (Å²) in [7, 11) is 0. The third-order valence-electron chi connectivity index (χ3n) is 2.66. The predicted octanol–water partition coefficient (Wildman–Crippen LogP) is 3.04. The summed E-state index contributed by atoms with van der Waals surface area (Å²) in [6.45, 7) is 0.154. The Morgan fingerprint density at radius 1 is 1.24 bits per heavy atom. The van der Waals surface area contributed by atoms with Gasteiger partial charge in [0.25, 0.3) is 5.91 Å². The molecule has 3 N–H and O–H groups in total. The standard InChI is InChI=1S/C16H12ClFN2O/c17-13-5-3-11(4-6-13)16(21)20-15-8-7-14(18)10-12(15)2-1-9-19/h3-8,10H,9,19H2,(H,20,21). The Balaban J connectivity index is 2.26. The Morgan fingerprint density at radius 2 is 1.95 bits per heavy atom. The molecule has 0 unspecified atom stereocenters. The van der Waals surface area contributed by atoms with E-state index >= 15 is 0 Å². The molecule has 0 atom stereocenters. The van der Waals surface area contributed by atoms with E-state index in [-0.39, 0.29) is 12.5 Å². The molecule has 0 aromatic heterocycles. The van der Waals surface area contributed by atoms with Crippen molar-refractivity contribution in [2.45, 2.75) is 0 Å². The average molecular weight is 303 g/mol. The lowest BCUT2D eigenvalue weighted by atomic mass is 10.1. The number of carbonyl (C=O) groups is 1. The molecule has 0 bridgehead atoms. The van der Waals surface area contributed by atoms with Crippen molar-refractivity contribution in [1.82, 2.24) is 0 Å². The van der Waals surface area contributed by atoms with Gasteiger partial charge in [-0.25, -0.2) is 4.39 Å². The zero-order valence-corrected chi connectivity index (χ0v) is 11.7. The number of hydrogen-bond donors (Lipinski definition) is 2. The average Bonchev–Trinajstić information content (AvgIpc) is 2.48. The highest BCUT2D eigenvalue weighted by molar-refractivity contribution is 6.30. The zero-order chi connectivity index (χ0) is 15.2. The number of nitrogens with two attached hydrogens (primary N) is 1. The minimum absolute atomic E-state index is 0.154. The van der Waals surface area contributed by atoms with Crippen molar-refractivity contribution in [2.75, 3.05) is 11.9 Å².